The Bertz CT molecular complexity index is 334. The molecule has 0 bridgehead atoms. The van der Waals surface area contributed by atoms with Crippen molar-refractivity contribution in [2.24, 2.45) is 0 Å². The molecule has 5 heteroatoms. The number of anilines is 2. The van der Waals surface area contributed by atoms with Gasteiger partial charge in [-0.1, -0.05) is 24.4 Å². The zero-order valence-electron chi connectivity index (χ0n) is 8.62. The van der Waals surface area contributed by atoms with Crippen molar-refractivity contribution < 1.29 is 0 Å². The summed E-state index contributed by atoms with van der Waals surface area (Å²) in [5, 5.41) is 0.589. The van der Waals surface area contributed by atoms with Crippen LogP contribution in [0.1, 0.15) is 25.7 Å². The molecule has 0 aliphatic carbocycles. The van der Waals surface area contributed by atoms with Gasteiger partial charge in [0.25, 0.3) is 0 Å². The van der Waals surface area contributed by atoms with Crippen LogP contribution in [-0.4, -0.2) is 23.1 Å². The van der Waals surface area contributed by atoms with Crippen molar-refractivity contribution in [3.8, 4) is 0 Å². The van der Waals surface area contributed by atoms with Crippen molar-refractivity contribution in [2.75, 3.05) is 23.7 Å². The van der Waals surface area contributed by atoms with Crippen LogP contribution in [0.2, 0.25) is 5.02 Å². The van der Waals surface area contributed by atoms with Crippen molar-refractivity contribution in [3.05, 3.63) is 11.2 Å². The maximum Gasteiger partial charge on any atom is 0.222 e. The number of aromatic nitrogens is 2. The zero-order valence-corrected chi connectivity index (χ0v) is 9.37. The second kappa shape index (κ2) is 4.66. The van der Waals surface area contributed by atoms with Gasteiger partial charge in [-0.25, -0.2) is 4.98 Å². The molecule has 82 valence electrons. The quantitative estimate of drug-likeness (QED) is 0.797. The first kappa shape index (κ1) is 10.5. The predicted molar refractivity (Wildman–Crippen MR) is 62.1 cm³/mol. The monoisotopic (exact) mass is 226 g/mol. The number of halogens is 1. The SMILES string of the molecule is Nc1ncc(Cl)c(N2CCCCCC2)n1. The Morgan fingerprint density at radius 3 is 2.53 bits per heavy atom. The number of nitrogen functional groups attached to an aromatic ring is 1. The van der Waals surface area contributed by atoms with Gasteiger partial charge in [-0.05, 0) is 12.8 Å². The van der Waals surface area contributed by atoms with E-state index in [9.17, 15) is 0 Å². The van der Waals surface area contributed by atoms with E-state index >= 15 is 0 Å². The minimum absolute atomic E-state index is 0.290. The van der Waals surface area contributed by atoms with E-state index in [0.717, 1.165) is 18.9 Å². The molecule has 1 aliphatic rings. The summed E-state index contributed by atoms with van der Waals surface area (Å²) in [6.07, 6.45) is 6.54. The summed E-state index contributed by atoms with van der Waals surface area (Å²) in [7, 11) is 0. The summed E-state index contributed by atoms with van der Waals surface area (Å²) in [6.45, 7) is 2.02. The fraction of sp³-hybridized carbons (Fsp3) is 0.600. The molecule has 1 saturated heterocycles. The third-order valence-corrected chi connectivity index (χ3v) is 2.92. The Morgan fingerprint density at radius 1 is 1.20 bits per heavy atom. The van der Waals surface area contributed by atoms with E-state index in [1.54, 1.807) is 6.20 Å². The predicted octanol–water partition coefficient (Wildman–Crippen LogP) is 2.09. The van der Waals surface area contributed by atoms with Crippen molar-refractivity contribution in [1.29, 1.82) is 0 Å². The van der Waals surface area contributed by atoms with Gasteiger partial charge in [0.1, 0.15) is 5.02 Å². The molecule has 0 spiro atoms. The Balaban J connectivity index is 2.22. The lowest BCUT2D eigenvalue weighted by Crippen LogP contribution is -2.25. The van der Waals surface area contributed by atoms with Gasteiger partial charge in [0.05, 0.1) is 6.20 Å². The largest absolute Gasteiger partial charge is 0.368 e. The Morgan fingerprint density at radius 2 is 1.87 bits per heavy atom. The third-order valence-electron chi connectivity index (χ3n) is 2.65. The van der Waals surface area contributed by atoms with Crippen LogP contribution in [0.25, 0.3) is 0 Å². The first-order valence-corrected chi connectivity index (χ1v) is 5.68. The Kier molecular flexibility index (Phi) is 3.26. The van der Waals surface area contributed by atoms with Crippen molar-refractivity contribution >= 4 is 23.4 Å². The average Bonchev–Trinajstić information content (AvgIpc) is 2.50. The van der Waals surface area contributed by atoms with E-state index in [4.69, 9.17) is 17.3 Å². The second-order valence-corrected chi connectivity index (χ2v) is 4.21. The van der Waals surface area contributed by atoms with Crippen LogP contribution in [0.15, 0.2) is 6.20 Å². The summed E-state index contributed by atoms with van der Waals surface area (Å²) in [5.74, 6) is 1.07. The van der Waals surface area contributed by atoms with E-state index in [1.165, 1.54) is 25.7 Å². The number of rotatable bonds is 1. The van der Waals surface area contributed by atoms with Gasteiger partial charge < -0.3 is 10.6 Å². The lowest BCUT2D eigenvalue weighted by atomic mass is 10.2. The van der Waals surface area contributed by atoms with Gasteiger partial charge in [-0.15, -0.1) is 0 Å². The molecule has 1 aromatic heterocycles. The average molecular weight is 227 g/mol. The minimum Gasteiger partial charge on any atom is -0.368 e. The third kappa shape index (κ3) is 2.50. The minimum atomic E-state index is 0.290. The lowest BCUT2D eigenvalue weighted by Gasteiger charge is -2.22. The molecule has 0 amide bonds. The molecule has 2 heterocycles. The molecule has 1 aliphatic heterocycles. The molecular formula is C10H15ClN4. The van der Waals surface area contributed by atoms with Crippen LogP contribution >= 0.6 is 11.6 Å². The summed E-state index contributed by atoms with van der Waals surface area (Å²) in [5.41, 5.74) is 5.57. The topological polar surface area (TPSA) is 55.0 Å². The number of hydrogen-bond acceptors (Lipinski definition) is 4. The van der Waals surface area contributed by atoms with Crippen LogP contribution < -0.4 is 10.6 Å². The standard InChI is InChI=1S/C10H15ClN4/c11-8-7-13-10(12)14-9(8)15-5-3-1-2-4-6-15/h7H,1-6H2,(H2,12,13,14). The summed E-state index contributed by atoms with van der Waals surface area (Å²) < 4.78 is 0. The van der Waals surface area contributed by atoms with Gasteiger partial charge in [0.2, 0.25) is 5.95 Å². The zero-order chi connectivity index (χ0) is 10.7. The fourth-order valence-corrected chi connectivity index (χ4v) is 2.09. The first-order valence-electron chi connectivity index (χ1n) is 5.30. The maximum atomic E-state index is 6.06. The fourth-order valence-electron chi connectivity index (χ4n) is 1.88. The number of nitrogens with zero attached hydrogens (tertiary/aromatic N) is 3. The van der Waals surface area contributed by atoms with E-state index < -0.39 is 0 Å². The highest BCUT2D eigenvalue weighted by molar-refractivity contribution is 6.32. The summed E-state index contributed by atoms with van der Waals surface area (Å²) in [6, 6.07) is 0. The van der Waals surface area contributed by atoms with E-state index in [0.29, 0.717) is 11.0 Å². The van der Waals surface area contributed by atoms with Crippen LogP contribution in [0.3, 0.4) is 0 Å². The summed E-state index contributed by atoms with van der Waals surface area (Å²) in [4.78, 5) is 10.3. The van der Waals surface area contributed by atoms with Crippen LogP contribution in [0.5, 0.6) is 0 Å². The molecule has 1 aromatic rings. The highest BCUT2D eigenvalue weighted by Gasteiger charge is 2.14. The van der Waals surface area contributed by atoms with Crippen molar-refractivity contribution in [3.63, 3.8) is 0 Å². The van der Waals surface area contributed by atoms with E-state index in [1.807, 2.05) is 0 Å². The smallest absolute Gasteiger partial charge is 0.222 e. The molecule has 2 N–H and O–H groups in total. The number of nitrogens with two attached hydrogens (primary N) is 1. The first-order chi connectivity index (χ1) is 7.27. The molecule has 0 radical (unpaired) electrons. The molecule has 1 fully saturated rings. The Hall–Kier alpha value is -1.03. The van der Waals surface area contributed by atoms with Crippen LogP contribution in [0, 0.1) is 0 Å². The van der Waals surface area contributed by atoms with Gasteiger partial charge >= 0.3 is 0 Å². The number of hydrogen-bond donors (Lipinski definition) is 1. The Labute approximate surface area is 94.5 Å². The lowest BCUT2D eigenvalue weighted by molar-refractivity contribution is 0.726. The molecule has 0 saturated carbocycles. The van der Waals surface area contributed by atoms with E-state index in [-0.39, 0.29) is 0 Å². The normalized spacial score (nSPS) is 17.5. The molecule has 0 atom stereocenters. The molecule has 15 heavy (non-hydrogen) atoms. The molecule has 4 nitrogen and oxygen atoms in total. The van der Waals surface area contributed by atoms with Gasteiger partial charge in [0.15, 0.2) is 5.82 Å². The second-order valence-electron chi connectivity index (χ2n) is 3.80. The molecular weight excluding hydrogens is 212 g/mol. The van der Waals surface area contributed by atoms with Crippen molar-refractivity contribution in [1.82, 2.24) is 9.97 Å². The van der Waals surface area contributed by atoms with Crippen LogP contribution in [-0.2, 0) is 0 Å². The van der Waals surface area contributed by atoms with Crippen LogP contribution in [0.4, 0.5) is 11.8 Å². The van der Waals surface area contributed by atoms with Crippen molar-refractivity contribution in [2.45, 2.75) is 25.7 Å². The molecule has 0 unspecified atom stereocenters. The molecule has 2 rings (SSSR count). The summed E-state index contributed by atoms with van der Waals surface area (Å²) >= 11 is 6.06. The maximum absolute atomic E-state index is 6.06. The van der Waals surface area contributed by atoms with E-state index in [2.05, 4.69) is 14.9 Å². The van der Waals surface area contributed by atoms with Gasteiger partial charge in [-0.2, -0.15) is 4.98 Å². The molecule has 0 aromatic carbocycles. The highest BCUT2D eigenvalue weighted by atomic mass is 35.5. The van der Waals surface area contributed by atoms with Gasteiger partial charge in [0, 0.05) is 13.1 Å². The van der Waals surface area contributed by atoms with Gasteiger partial charge in [-0.3, -0.25) is 0 Å². The highest BCUT2D eigenvalue weighted by Crippen LogP contribution is 2.25.